The molecule has 6 heteroatoms. The number of carbonyl (C=O) groups is 2. The molecule has 1 unspecified atom stereocenters. The Balaban J connectivity index is 1.51. The summed E-state index contributed by atoms with van der Waals surface area (Å²) in [5.74, 6) is 2.16. The van der Waals surface area contributed by atoms with Crippen LogP contribution in [0.3, 0.4) is 0 Å². The first-order chi connectivity index (χ1) is 16.7. The summed E-state index contributed by atoms with van der Waals surface area (Å²) in [7, 11) is 4.19. The number of ketones is 1. The summed E-state index contributed by atoms with van der Waals surface area (Å²) in [5.41, 5.74) is -0.528. The Morgan fingerprint density at radius 1 is 1.11 bits per heavy atom. The molecule has 204 valence electrons. The molecular weight excluding hydrogens is 468 g/mol. The third-order valence-electron chi connectivity index (χ3n) is 13.2. The minimum absolute atomic E-state index is 0.0306. The standard InChI is InChI=1S/C30H50N2O3S/c1-17(2)25(35)31-22-11-12-29-15-30(29)21(10-9-20(29)26(22,4)16-36)27(5)13-19(33)24(18(3)32(7)8)28(27,6)14-23(30)34/h17-22,24,33,36H,9-16H2,1-8H3,(H,31,35)/t18-,19+,20-,21-,22-,24-,26-,27-,28+,29+,30?/m0/s1. The zero-order valence-corrected chi connectivity index (χ0v) is 24.8. The number of hydrogen-bond donors (Lipinski definition) is 3. The molecule has 5 saturated carbocycles. The number of nitrogens with one attached hydrogen (secondary N) is 1. The zero-order valence-electron chi connectivity index (χ0n) is 23.9. The molecule has 1 amide bonds. The predicted molar refractivity (Wildman–Crippen MR) is 147 cm³/mol. The summed E-state index contributed by atoms with van der Waals surface area (Å²) in [6, 6.07) is 0.346. The van der Waals surface area contributed by atoms with E-state index in [0.29, 0.717) is 24.0 Å². The third kappa shape index (κ3) is 3.04. The lowest BCUT2D eigenvalue weighted by Crippen LogP contribution is -2.63. The summed E-state index contributed by atoms with van der Waals surface area (Å²) in [5, 5.41) is 14.9. The number of amides is 1. The Morgan fingerprint density at radius 3 is 2.33 bits per heavy atom. The average Bonchev–Trinajstić information content (AvgIpc) is 3.44. The monoisotopic (exact) mass is 518 g/mol. The van der Waals surface area contributed by atoms with Gasteiger partial charge in [0.1, 0.15) is 5.78 Å². The van der Waals surface area contributed by atoms with E-state index >= 15 is 0 Å². The molecule has 5 nitrogen and oxygen atoms in total. The maximum absolute atomic E-state index is 14.4. The Hall–Kier alpha value is -0.590. The smallest absolute Gasteiger partial charge is 0.222 e. The van der Waals surface area contributed by atoms with Crippen LogP contribution in [0.1, 0.15) is 86.5 Å². The van der Waals surface area contributed by atoms with Crippen molar-refractivity contribution in [2.24, 2.45) is 50.7 Å². The van der Waals surface area contributed by atoms with E-state index < -0.39 is 0 Å². The van der Waals surface area contributed by atoms with E-state index in [2.05, 4.69) is 52.0 Å². The number of rotatable bonds is 5. The van der Waals surface area contributed by atoms with Crippen molar-refractivity contribution in [2.75, 3.05) is 19.8 Å². The van der Waals surface area contributed by atoms with Gasteiger partial charge >= 0.3 is 0 Å². The number of fused-ring (bicyclic) bond motifs is 2. The Labute approximate surface area is 224 Å². The molecule has 5 rings (SSSR count). The van der Waals surface area contributed by atoms with E-state index in [1.54, 1.807) is 0 Å². The zero-order chi connectivity index (χ0) is 26.6. The summed E-state index contributed by atoms with van der Waals surface area (Å²) in [4.78, 5) is 29.4. The van der Waals surface area contributed by atoms with Gasteiger partial charge in [0.2, 0.25) is 5.91 Å². The van der Waals surface area contributed by atoms with Crippen LogP contribution in [0, 0.1) is 50.7 Å². The Kier molecular flexibility index (Phi) is 6.15. The lowest BCUT2D eigenvalue weighted by atomic mass is 9.41. The van der Waals surface area contributed by atoms with Crippen LogP contribution in [0.15, 0.2) is 0 Å². The van der Waals surface area contributed by atoms with Gasteiger partial charge in [-0.3, -0.25) is 9.59 Å². The molecule has 0 bridgehead atoms. The quantitative estimate of drug-likeness (QED) is 0.466. The van der Waals surface area contributed by atoms with Crippen LogP contribution in [-0.2, 0) is 9.59 Å². The molecule has 0 heterocycles. The van der Waals surface area contributed by atoms with Crippen molar-refractivity contribution in [3.05, 3.63) is 0 Å². The molecule has 2 spiro atoms. The number of aliphatic hydroxyl groups is 1. The molecule has 5 aliphatic rings. The van der Waals surface area contributed by atoms with Gasteiger partial charge in [0.15, 0.2) is 0 Å². The number of carbonyl (C=O) groups excluding carboxylic acids is 2. The number of nitrogens with zero attached hydrogens (tertiary/aromatic N) is 1. The fourth-order valence-corrected chi connectivity index (χ4v) is 11.4. The van der Waals surface area contributed by atoms with Crippen molar-refractivity contribution in [3.8, 4) is 0 Å². The van der Waals surface area contributed by atoms with Gasteiger partial charge in [-0.15, -0.1) is 0 Å². The van der Waals surface area contributed by atoms with Crippen LogP contribution in [0.5, 0.6) is 0 Å². The van der Waals surface area contributed by atoms with Crippen LogP contribution in [0.25, 0.3) is 0 Å². The lowest BCUT2D eigenvalue weighted by Gasteiger charge is -2.63. The lowest BCUT2D eigenvalue weighted by molar-refractivity contribution is -0.170. The van der Waals surface area contributed by atoms with Crippen molar-refractivity contribution in [1.29, 1.82) is 0 Å². The van der Waals surface area contributed by atoms with Gasteiger partial charge < -0.3 is 15.3 Å². The van der Waals surface area contributed by atoms with E-state index in [4.69, 9.17) is 12.6 Å². The molecule has 2 N–H and O–H groups in total. The SMILES string of the molecule is CC(C)C(=O)N[C@H]1CC[C@]23CC24C(=O)C[C@]2(C)[C@@H]([C@H](C)N(C)C)[C@H](O)C[C@@]2(C)[C@@H]4CC[C@H]3[C@]1(C)CS. The van der Waals surface area contributed by atoms with E-state index in [0.717, 1.165) is 44.3 Å². The molecule has 0 aromatic heterocycles. The van der Waals surface area contributed by atoms with Gasteiger partial charge in [-0.25, -0.2) is 0 Å². The molecule has 11 atom stereocenters. The van der Waals surface area contributed by atoms with E-state index in [1.807, 2.05) is 13.8 Å². The minimum Gasteiger partial charge on any atom is -0.393 e. The molecule has 0 aromatic carbocycles. The summed E-state index contributed by atoms with van der Waals surface area (Å²) in [6.45, 7) is 13.2. The number of aliphatic hydroxyl groups excluding tert-OH is 1. The summed E-state index contributed by atoms with van der Waals surface area (Å²) >= 11 is 4.87. The molecule has 0 radical (unpaired) electrons. The number of Topliss-reactive ketones (excluding diaryl/α,β-unsaturated/α-hetero) is 1. The molecule has 5 aliphatic carbocycles. The third-order valence-corrected chi connectivity index (χ3v) is 13.9. The second-order valence-electron chi connectivity index (χ2n) is 14.8. The van der Waals surface area contributed by atoms with Crippen molar-refractivity contribution in [1.82, 2.24) is 10.2 Å². The highest BCUT2D eigenvalue weighted by Crippen LogP contribution is 2.88. The van der Waals surface area contributed by atoms with Crippen LogP contribution >= 0.6 is 12.6 Å². The minimum atomic E-state index is -0.363. The first-order valence-corrected chi connectivity index (χ1v) is 15.1. The van der Waals surface area contributed by atoms with Crippen molar-refractivity contribution in [2.45, 2.75) is 105 Å². The predicted octanol–water partition coefficient (Wildman–Crippen LogP) is 4.58. The second-order valence-corrected chi connectivity index (χ2v) is 15.2. The highest BCUT2D eigenvalue weighted by atomic mass is 32.1. The molecule has 0 saturated heterocycles. The Morgan fingerprint density at radius 2 is 1.75 bits per heavy atom. The van der Waals surface area contributed by atoms with Gasteiger partial charge in [0.25, 0.3) is 0 Å². The van der Waals surface area contributed by atoms with Gasteiger partial charge in [-0.2, -0.15) is 12.6 Å². The van der Waals surface area contributed by atoms with Gasteiger partial charge in [0, 0.05) is 35.8 Å². The first kappa shape index (κ1) is 27.0. The largest absolute Gasteiger partial charge is 0.393 e. The molecular formula is C30H50N2O3S. The van der Waals surface area contributed by atoms with Crippen LogP contribution in [0.4, 0.5) is 0 Å². The average molecular weight is 519 g/mol. The van der Waals surface area contributed by atoms with E-state index in [1.165, 1.54) is 0 Å². The highest BCUT2D eigenvalue weighted by Gasteiger charge is 2.86. The first-order valence-electron chi connectivity index (χ1n) is 14.5. The number of hydrogen-bond acceptors (Lipinski definition) is 5. The summed E-state index contributed by atoms with van der Waals surface area (Å²) in [6.07, 6.45) is 6.16. The highest BCUT2D eigenvalue weighted by molar-refractivity contribution is 7.80. The maximum atomic E-state index is 14.4. The van der Waals surface area contributed by atoms with Gasteiger partial charge in [-0.1, -0.05) is 34.6 Å². The van der Waals surface area contributed by atoms with E-state index in [9.17, 15) is 14.7 Å². The fourth-order valence-electron chi connectivity index (χ4n) is 11.0. The van der Waals surface area contributed by atoms with Gasteiger partial charge in [-0.05, 0) is 98.8 Å². The van der Waals surface area contributed by atoms with Crippen molar-refractivity contribution >= 4 is 24.3 Å². The Bertz CT molecular complexity index is 954. The van der Waals surface area contributed by atoms with Crippen molar-refractivity contribution in [3.63, 3.8) is 0 Å². The molecule has 5 fully saturated rings. The van der Waals surface area contributed by atoms with E-state index in [-0.39, 0.29) is 63.0 Å². The fraction of sp³-hybridized carbons (Fsp3) is 0.933. The maximum Gasteiger partial charge on any atom is 0.222 e. The summed E-state index contributed by atoms with van der Waals surface area (Å²) < 4.78 is 0. The second kappa shape index (κ2) is 8.21. The van der Waals surface area contributed by atoms with Crippen LogP contribution in [-0.4, -0.2) is 59.7 Å². The molecule has 36 heavy (non-hydrogen) atoms. The molecule has 0 aromatic rings. The van der Waals surface area contributed by atoms with Crippen LogP contribution < -0.4 is 5.32 Å². The van der Waals surface area contributed by atoms with Crippen LogP contribution in [0.2, 0.25) is 0 Å². The van der Waals surface area contributed by atoms with Crippen molar-refractivity contribution < 1.29 is 14.7 Å². The van der Waals surface area contributed by atoms with Gasteiger partial charge in [0.05, 0.1) is 6.10 Å². The molecule has 0 aliphatic heterocycles. The normalized spacial score (nSPS) is 52.3. The number of thiol groups is 1. The topological polar surface area (TPSA) is 69.6 Å².